The van der Waals surface area contributed by atoms with Crippen LogP contribution in [0, 0.1) is 0 Å². The topological polar surface area (TPSA) is 46.2 Å². The first kappa shape index (κ1) is 14.6. The van der Waals surface area contributed by atoms with Crippen molar-refractivity contribution >= 4 is 33.4 Å². The molecular formula is C8H18ClNO2S2. The van der Waals surface area contributed by atoms with Crippen molar-refractivity contribution in [3.63, 3.8) is 0 Å². The van der Waals surface area contributed by atoms with Gasteiger partial charge < -0.3 is 0 Å². The zero-order valence-electron chi connectivity index (χ0n) is 8.62. The number of nitrogens with one attached hydrogen (secondary N) is 1. The lowest BCUT2D eigenvalue weighted by Crippen LogP contribution is -2.31. The second kappa shape index (κ2) is 7.79. The summed E-state index contributed by atoms with van der Waals surface area (Å²) < 4.78 is 25.3. The van der Waals surface area contributed by atoms with Crippen molar-refractivity contribution in [1.82, 2.24) is 4.72 Å². The smallest absolute Gasteiger partial charge is 0.211 e. The van der Waals surface area contributed by atoms with Gasteiger partial charge in [-0.1, -0.05) is 6.92 Å². The van der Waals surface area contributed by atoms with Gasteiger partial charge in [0.2, 0.25) is 10.0 Å². The Balaban J connectivity index is 3.73. The van der Waals surface area contributed by atoms with Gasteiger partial charge in [-0.25, -0.2) is 13.1 Å². The number of unbranched alkanes of at least 4 members (excludes halogenated alkanes) is 1. The van der Waals surface area contributed by atoms with Crippen LogP contribution in [0.4, 0.5) is 0 Å². The molecule has 0 bridgehead atoms. The average Bonchev–Trinajstić information content (AvgIpc) is 2.14. The third-order valence-corrected chi connectivity index (χ3v) is 4.46. The minimum absolute atomic E-state index is 0.181. The summed E-state index contributed by atoms with van der Waals surface area (Å²) in [7, 11) is -3.08. The van der Waals surface area contributed by atoms with Crippen LogP contribution in [-0.4, -0.2) is 38.1 Å². The molecule has 1 atom stereocenters. The Morgan fingerprint density at radius 2 is 2.07 bits per heavy atom. The highest BCUT2D eigenvalue weighted by Gasteiger charge is 2.10. The molecule has 0 saturated heterocycles. The van der Waals surface area contributed by atoms with E-state index < -0.39 is 10.0 Å². The molecule has 0 spiro atoms. The Labute approximate surface area is 96.0 Å². The highest BCUT2D eigenvalue weighted by Crippen LogP contribution is 2.04. The number of hydrogen-bond donors (Lipinski definition) is 1. The summed E-state index contributed by atoms with van der Waals surface area (Å²) >= 11 is 7.11. The third-order valence-electron chi connectivity index (χ3n) is 1.79. The molecule has 0 aromatic heterocycles. The largest absolute Gasteiger partial charge is 0.214 e. The third kappa shape index (κ3) is 7.91. The molecule has 0 saturated carbocycles. The second-order valence-electron chi connectivity index (χ2n) is 3.11. The van der Waals surface area contributed by atoms with Crippen LogP contribution in [0.3, 0.4) is 0 Å². The highest BCUT2D eigenvalue weighted by molar-refractivity contribution is 7.99. The number of alkyl halides is 1. The van der Waals surface area contributed by atoms with Gasteiger partial charge in [0.05, 0.1) is 5.75 Å². The molecule has 1 unspecified atom stereocenters. The van der Waals surface area contributed by atoms with Crippen LogP contribution in [0.2, 0.25) is 0 Å². The van der Waals surface area contributed by atoms with E-state index in [0.29, 0.717) is 24.1 Å². The predicted octanol–water partition coefficient (Wildman–Crippen LogP) is 1.68. The van der Waals surface area contributed by atoms with Gasteiger partial charge >= 0.3 is 0 Å². The van der Waals surface area contributed by atoms with Gasteiger partial charge in [0, 0.05) is 17.7 Å². The second-order valence-corrected chi connectivity index (χ2v) is 6.69. The monoisotopic (exact) mass is 259 g/mol. The summed E-state index contributed by atoms with van der Waals surface area (Å²) in [5, 5.41) is 0.317. The molecule has 3 nitrogen and oxygen atoms in total. The van der Waals surface area contributed by atoms with E-state index in [9.17, 15) is 8.42 Å². The maximum atomic E-state index is 11.4. The van der Waals surface area contributed by atoms with E-state index in [1.54, 1.807) is 11.8 Å². The first-order chi connectivity index (χ1) is 6.52. The van der Waals surface area contributed by atoms with Crippen LogP contribution >= 0.6 is 23.4 Å². The van der Waals surface area contributed by atoms with E-state index in [2.05, 4.69) is 4.72 Å². The summed E-state index contributed by atoms with van der Waals surface area (Å²) in [5.41, 5.74) is 0. The fourth-order valence-corrected chi connectivity index (χ4v) is 2.56. The molecule has 0 aliphatic rings. The zero-order chi connectivity index (χ0) is 11.0. The average molecular weight is 260 g/mol. The summed E-state index contributed by atoms with van der Waals surface area (Å²) in [4.78, 5) is 0. The lowest BCUT2D eigenvalue weighted by molar-refractivity contribution is 0.578. The predicted molar refractivity (Wildman–Crippen MR) is 64.7 cm³/mol. The van der Waals surface area contributed by atoms with Crippen molar-refractivity contribution in [2.45, 2.75) is 25.0 Å². The lowest BCUT2D eigenvalue weighted by Gasteiger charge is -2.10. The molecule has 0 rings (SSSR count). The van der Waals surface area contributed by atoms with Gasteiger partial charge in [-0.15, -0.1) is 11.6 Å². The first-order valence-corrected chi connectivity index (χ1v) is 8.05. The zero-order valence-corrected chi connectivity index (χ0v) is 11.0. The summed E-state index contributed by atoms with van der Waals surface area (Å²) in [6, 6.07) is 0. The molecule has 14 heavy (non-hydrogen) atoms. The van der Waals surface area contributed by atoms with E-state index in [1.807, 2.05) is 13.2 Å². The SMILES string of the molecule is CSC(C)CNS(=O)(=O)CCCCCl. The summed E-state index contributed by atoms with van der Waals surface area (Å²) in [6.07, 6.45) is 3.35. The molecule has 0 fully saturated rings. The van der Waals surface area contributed by atoms with Crippen LogP contribution in [0.15, 0.2) is 0 Å². The normalized spacial score (nSPS) is 14.2. The Kier molecular flexibility index (Phi) is 8.10. The van der Waals surface area contributed by atoms with Gasteiger partial charge in [0.1, 0.15) is 0 Å². The molecule has 0 amide bonds. The fraction of sp³-hybridized carbons (Fsp3) is 1.00. The van der Waals surface area contributed by atoms with Crippen molar-refractivity contribution in [2.24, 2.45) is 0 Å². The number of rotatable bonds is 8. The van der Waals surface area contributed by atoms with Crippen LogP contribution in [0.5, 0.6) is 0 Å². The molecule has 0 heterocycles. The lowest BCUT2D eigenvalue weighted by atomic mass is 10.4. The molecule has 86 valence electrons. The molecule has 1 N–H and O–H groups in total. The minimum atomic E-state index is -3.08. The minimum Gasteiger partial charge on any atom is -0.214 e. The molecular weight excluding hydrogens is 242 g/mol. The van der Waals surface area contributed by atoms with Gasteiger partial charge in [0.25, 0.3) is 0 Å². The first-order valence-electron chi connectivity index (χ1n) is 4.58. The Hall–Kier alpha value is 0.550. The van der Waals surface area contributed by atoms with Gasteiger partial charge in [-0.2, -0.15) is 11.8 Å². The van der Waals surface area contributed by atoms with Gasteiger partial charge in [-0.3, -0.25) is 0 Å². The Morgan fingerprint density at radius 1 is 1.43 bits per heavy atom. The van der Waals surface area contributed by atoms with Crippen molar-refractivity contribution in [1.29, 1.82) is 0 Å². The molecule has 0 aromatic rings. The summed E-state index contributed by atoms with van der Waals surface area (Å²) in [6.45, 7) is 2.50. The van der Waals surface area contributed by atoms with Crippen molar-refractivity contribution in [3.8, 4) is 0 Å². The van der Waals surface area contributed by atoms with Crippen molar-refractivity contribution in [3.05, 3.63) is 0 Å². The Bertz CT molecular complexity index is 231. The van der Waals surface area contributed by atoms with Crippen LogP contribution < -0.4 is 4.72 Å². The Morgan fingerprint density at radius 3 is 2.57 bits per heavy atom. The number of sulfonamides is 1. The van der Waals surface area contributed by atoms with E-state index >= 15 is 0 Å². The fourth-order valence-electron chi connectivity index (χ4n) is 0.786. The number of thioether (sulfide) groups is 1. The highest BCUT2D eigenvalue weighted by atomic mass is 35.5. The standard InChI is InChI=1S/C8H18ClNO2S2/c1-8(13-2)7-10-14(11,12)6-4-3-5-9/h8,10H,3-7H2,1-2H3. The molecule has 0 aliphatic carbocycles. The number of halogens is 1. The van der Waals surface area contributed by atoms with Gasteiger partial charge in [0.15, 0.2) is 0 Å². The van der Waals surface area contributed by atoms with Gasteiger partial charge in [-0.05, 0) is 19.1 Å². The number of hydrogen-bond acceptors (Lipinski definition) is 3. The molecule has 0 aromatic carbocycles. The molecule has 0 aliphatic heterocycles. The van der Waals surface area contributed by atoms with Crippen LogP contribution in [-0.2, 0) is 10.0 Å². The summed E-state index contributed by atoms with van der Waals surface area (Å²) in [5.74, 6) is 0.706. The molecule has 0 radical (unpaired) electrons. The van der Waals surface area contributed by atoms with Crippen molar-refractivity contribution < 1.29 is 8.42 Å². The van der Waals surface area contributed by atoms with E-state index in [4.69, 9.17) is 11.6 Å². The van der Waals surface area contributed by atoms with E-state index in [-0.39, 0.29) is 5.75 Å². The quantitative estimate of drug-likeness (QED) is 0.533. The molecule has 6 heteroatoms. The maximum absolute atomic E-state index is 11.4. The maximum Gasteiger partial charge on any atom is 0.211 e. The van der Waals surface area contributed by atoms with Crippen molar-refractivity contribution in [2.75, 3.05) is 24.4 Å². The van der Waals surface area contributed by atoms with E-state index in [0.717, 1.165) is 6.42 Å². The van der Waals surface area contributed by atoms with Crippen LogP contribution in [0.25, 0.3) is 0 Å². The van der Waals surface area contributed by atoms with Crippen LogP contribution in [0.1, 0.15) is 19.8 Å². The van der Waals surface area contributed by atoms with E-state index in [1.165, 1.54) is 0 Å².